The maximum absolute atomic E-state index is 14.3. The number of benzene rings is 2. The number of hydrogen-bond acceptors (Lipinski definition) is 7. The van der Waals surface area contributed by atoms with Gasteiger partial charge in [0.05, 0.1) is 0 Å². The van der Waals surface area contributed by atoms with Gasteiger partial charge in [-0.1, -0.05) is 60.7 Å². The number of thiol groups is 1. The van der Waals surface area contributed by atoms with E-state index < -0.39 is 58.7 Å². The van der Waals surface area contributed by atoms with E-state index in [9.17, 15) is 19.2 Å². The fourth-order valence-electron chi connectivity index (χ4n) is 4.37. The molecule has 0 aliphatic rings. The minimum Gasteiger partial charge on any atom is -0.458 e. The summed E-state index contributed by atoms with van der Waals surface area (Å²) in [7, 11) is 0. The van der Waals surface area contributed by atoms with Crippen LogP contribution in [0.5, 0.6) is 0 Å². The number of rotatable bonds is 10. The van der Waals surface area contributed by atoms with Crippen LogP contribution in [-0.4, -0.2) is 63.4 Å². The highest BCUT2D eigenvalue weighted by Crippen LogP contribution is 2.30. The molecule has 3 amide bonds. The molecule has 3 unspecified atom stereocenters. The number of ether oxygens (including phenoxy) is 2. The lowest BCUT2D eigenvalue weighted by atomic mass is 9.95. The average molecular weight is 614 g/mol. The van der Waals surface area contributed by atoms with E-state index in [2.05, 4.69) is 23.3 Å². The molecule has 0 saturated carbocycles. The summed E-state index contributed by atoms with van der Waals surface area (Å²) >= 11 is 4.34. The third-order valence-electron chi connectivity index (χ3n) is 6.04. The first-order valence-corrected chi connectivity index (χ1v) is 15.0. The van der Waals surface area contributed by atoms with Crippen molar-refractivity contribution in [2.75, 3.05) is 5.75 Å². The van der Waals surface area contributed by atoms with Gasteiger partial charge in [-0.25, -0.2) is 9.59 Å². The van der Waals surface area contributed by atoms with Crippen molar-refractivity contribution in [3.8, 4) is 0 Å². The normalized spacial score (nSPS) is 14.1. The van der Waals surface area contributed by atoms with Crippen LogP contribution >= 0.6 is 12.6 Å². The molecule has 0 saturated heterocycles. The van der Waals surface area contributed by atoms with Crippen molar-refractivity contribution in [2.24, 2.45) is 0 Å². The maximum Gasteiger partial charge on any atom is 0.408 e. The van der Waals surface area contributed by atoms with Crippen LogP contribution in [0.1, 0.15) is 79.5 Å². The number of nitrogens with zero attached hydrogens (tertiary/aromatic N) is 1. The molecule has 10 heteroatoms. The molecule has 0 fully saturated rings. The Kier molecular flexibility index (Phi) is 12.3. The Morgan fingerprint density at radius 1 is 0.744 bits per heavy atom. The minimum absolute atomic E-state index is 0.0394. The first-order valence-electron chi connectivity index (χ1n) is 14.4. The molecule has 2 aromatic rings. The number of carbonyl (C=O) groups is 4. The van der Waals surface area contributed by atoms with Crippen LogP contribution in [0.3, 0.4) is 0 Å². The lowest BCUT2D eigenvalue weighted by Crippen LogP contribution is -2.60. The fraction of sp³-hybridized carbons (Fsp3) is 0.515. The quantitative estimate of drug-likeness (QED) is 0.249. The maximum atomic E-state index is 14.3. The molecule has 0 aliphatic carbocycles. The first-order chi connectivity index (χ1) is 19.8. The van der Waals surface area contributed by atoms with Crippen LogP contribution in [-0.2, 0) is 30.3 Å². The Labute approximate surface area is 261 Å². The lowest BCUT2D eigenvalue weighted by molar-refractivity contribution is -0.159. The van der Waals surface area contributed by atoms with Gasteiger partial charge in [-0.05, 0) is 73.4 Å². The summed E-state index contributed by atoms with van der Waals surface area (Å²) in [6.07, 6.45) is -0.589. The zero-order chi connectivity index (χ0) is 32.6. The number of alkyl carbamates (subject to hydrolysis) is 1. The molecule has 0 aliphatic heterocycles. The Bertz CT molecular complexity index is 1230. The van der Waals surface area contributed by atoms with Gasteiger partial charge in [-0.3, -0.25) is 9.59 Å². The van der Waals surface area contributed by atoms with Gasteiger partial charge < -0.3 is 25.0 Å². The smallest absolute Gasteiger partial charge is 0.408 e. The Morgan fingerprint density at radius 2 is 1.26 bits per heavy atom. The second-order valence-corrected chi connectivity index (χ2v) is 13.7. The van der Waals surface area contributed by atoms with E-state index in [0.717, 1.165) is 5.56 Å². The van der Waals surface area contributed by atoms with Crippen LogP contribution in [0.25, 0.3) is 0 Å². The monoisotopic (exact) mass is 613 g/mol. The van der Waals surface area contributed by atoms with E-state index in [0.29, 0.717) is 5.56 Å². The van der Waals surface area contributed by atoms with Gasteiger partial charge in [-0.2, -0.15) is 12.6 Å². The summed E-state index contributed by atoms with van der Waals surface area (Å²) in [6.45, 7) is 15.8. The van der Waals surface area contributed by atoms with Crippen LogP contribution in [0.4, 0.5) is 4.79 Å². The summed E-state index contributed by atoms with van der Waals surface area (Å²) in [5.41, 5.74) is -1.10. The van der Waals surface area contributed by atoms with Gasteiger partial charge in [0.2, 0.25) is 11.8 Å². The highest BCUT2D eigenvalue weighted by molar-refractivity contribution is 7.80. The molecule has 3 atom stereocenters. The van der Waals surface area contributed by atoms with Gasteiger partial charge in [0, 0.05) is 17.7 Å². The zero-order valence-electron chi connectivity index (χ0n) is 26.8. The molecule has 2 rings (SSSR count). The highest BCUT2D eigenvalue weighted by Gasteiger charge is 2.42. The molecule has 2 aromatic carbocycles. The topological polar surface area (TPSA) is 114 Å². The number of carbonyl (C=O) groups excluding carboxylic acids is 4. The molecule has 9 nitrogen and oxygen atoms in total. The van der Waals surface area contributed by atoms with Crippen LogP contribution in [0.15, 0.2) is 60.7 Å². The van der Waals surface area contributed by atoms with E-state index in [1.165, 1.54) is 4.90 Å². The third-order valence-corrected chi connectivity index (χ3v) is 6.41. The Balaban J connectivity index is 2.55. The summed E-state index contributed by atoms with van der Waals surface area (Å²) < 4.78 is 11.0. The molecule has 0 radical (unpaired) electrons. The van der Waals surface area contributed by atoms with Crippen molar-refractivity contribution in [1.82, 2.24) is 15.5 Å². The number of amides is 3. The standard InChI is InChI=1S/C33H47N3O6S/c1-31(2,3)36(28(38)25(21-43)35-30(40)42-33(7,8)9)26(23-18-14-11-15-19-23)27(37)34-24(29(39)41-32(4,5)6)20-22-16-12-10-13-17-22/h10-19,24-26,43H,20-21H2,1-9H3,(H,34,37)(H,35,40). The van der Waals surface area contributed by atoms with Crippen molar-refractivity contribution in [1.29, 1.82) is 0 Å². The van der Waals surface area contributed by atoms with E-state index in [1.54, 1.807) is 92.6 Å². The van der Waals surface area contributed by atoms with Crippen molar-refractivity contribution in [3.05, 3.63) is 71.8 Å². The number of esters is 1. The van der Waals surface area contributed by atoms with Crippen molar-refractivity contribution in [2.45, 2.75) is 104 Å². The molecule has 236 valence electrons. The van der Waals surface area contributed by atoms with Crippen molar-refractivity contribution >= 4 is 36.5 Å². The van der Waals surface area contributed by atoms with Gasteiger partial charge in [-0.15, -0.1) is 0 Å². The van der Waals surface area contributed by atoms with Crippen molar-refractivity contribution in [3.63, 3.8) is 0 Å². The SMILES string of the molecule is CC(C)(C)OC(=O)NC(CS)C(=O)N(C(C(=O)NC(Cc1ccccc1)C(=O)OC(C)(C)C)c1ccccc1)C(C)(C)C. The largest absolute Gasteiger partial charge is 0.458 e. The minimum atomic E-state index is -1.16. The molecule has 2 N–H and O–H groups in total. The summed E-state index contributed by atoms with van der Waals surface area (Å²) in [5.74, 6) is -1.74. The Hall–Kier alpha value is -3.53. The number of hydrogen-bond donors (Lipinski definition) is 3. The van der Waals surface area contributed by atoms with Gasteiger partial charge >= 0.3 is 12.1 Å². The predicted molar refractivity (Wildman–Crippen MR) is 171 cm³/mol. The van der Waals surface area contributed by atoms with E-state index in [4.69, 9.17) is 9.47 Å². The van der Waals surface area contributed by atoms with Crippen molar-refractivity contribution < 1.29 is 28.7 Å². The van der Waals surface area contributed by atoms with E-state index >= 15 is 0 Å². The molecular weight excluding hydrogens is 566 g/mol. The fourth-order valence-corrected chi connectivity index (χ4v) is 4.62. The molecule has 0 aromatic heterocycles. The summed E-state index contributed by atoms with van der Waals surface area (Å²) in [4.78, 5) is 55.9. The van der Waals surface area contributed by atoms with Gasteiger partial charge in [0.25, 0.3) is 0 Å². The molecular formula is C33H47N3O6S. The summed E-state index contributed by atoms with van der Waals surface area (Å²) in [5, 5.41) is 5.49. The highest BCUT2D eigenvalue weighted by atomic mass is 32.1. The number of nitrogens with one attached hydrogen (secondary N) is 2. The van der Waals surface area contributed by atoms with Gasteiger partial charge in [0.15, 0.2) is 0 Å². The zero-order valence-corrected chi connectivity index (χ0v) is 27.7. The van der Waals surface area contributed by atoms with Gasteiger partial charge in [0.1, 0.15) is 29.3 Å². The Morgan fingerprint density at radius 3 is 1.72 bits per heavy atom. The second-order valence-electron chi connectivity index (χ2n) is 13.4. The third kappa shape index (κ3) is 11.6. The van der Waals surface area contributed by atoms with E-state index in [-0.39, 0.29) is 12.2 Å². The summed E-state index contributed by atoms with van der Waals surface area (Å²) in [6, 6.07) is 14.9. The van der Waals surface area contributed by atoms with E-state index in [1.807, 2.05) is 30.3 Å². The van der Waals surface area contributed by atoms with Crippen LogP contribution in [0.2, 0.25) is 0 Å². The molecule has 0 bridgehead atoms. The van der Waals surface area contributed by atoms with Crippen LogP contribution in [0, 0.1) is 0 Å². The molecule has 43 heavy (non-hydrogen) atoms. The predicted octanol–water partition coefficient (Wildman–Crippen LogP) is 5.25. The lowest BCUT2D eigenvalue weighted by Gasteiger charge is -2.43. The molecule has 0 heterocycles. The molecule has 0 spiro atoms. The second kappa shape index (κ2) is 14.8. The van der Waals surface area contributed by atoms with Crippen LogP contribution < -0.4 is 10.6 Å². The first kappa shape index (κ1) is 35.7. The average Bonchev–Trinajstić information content (AvgIpc) is 2.87.